The molecule has 1 atom stereocenters. The van der Waals surface area contributed by atoms with Gasteiger partial charge in [-0.3, -0.25) is 14.5 Å². The number of para-hydroxylation sites is 1. The molecule has 1 heterocycles. The maximum absolute atomic E-state index is 12.3. The van der Waals surface area contributed by atoms with E-state index in [0.29, 0.717) is 41.9 Å². The van der Waals surface area contributed by atoms with Crippen molar-refractivity contribution in [1.82, 2.24) is 4.90 Å². The van der Waals surface area contributed by atoms with Crippen molar-refractivity contribution in [1.29, 1.82) is 0 Å². The van der Waals surface area contributed by atoms with Crippen LogP contribution in [0.4, 0.5) is 11.4 Å². The Kier molecular flexibility index (Phi) is 7.46. The Morgan fingerprint density at radius 1 is 1.07 bits per heavy atom. The number of carbonyl (C=O) groups is 2. The van der Waals surface area contributed by atoms with E-state index in [1.807, 2.05) is 4.90 Å². The zero-order valence-corrected chi connectivity index (χ0v) is 16.9. The van der Waals surface area contributed by atoms with Gasteiger partial charge in [-0.05, 0) is 43.3 Å². The number of morpholine rings is 1. The third-order valence-electron chi connectivity index (χ3n) is 4.42. The van der Waals surface area contributed by atoms with E-state index in [0.717, 1.165) is 13.1 Å². The van der Waals surface area contributed by atoms with Gasteiger partial charge in [-0.25, -0.2) is 0 Å². The summed E-state index contributed by atoms with van der Waals surface area (Å²) in [5.74, 6) is 0.0783. The van der Waals surface area contributed by atoms with Crippen LogP contribution in [0, 0.1) is 0 Å². The molecule has 0 bridgehead atoms. The molecule has 1 fully saturated rings. The number of nitrogens with zero attached hydrogens (tertiary/aromatic N) is 1. The van der Waals surface area contributed by atoms with Crippen LogP contribution in [-0.4, -0.2) is 55.7 Å². The highest BCUT2D eigenvalue weighted by atomic mass is 35.5. The molecule has 1 aliphatic rings. The number of hydrogen-bond donors (Lipinski definition) is 2. The standard InChI is InChI=1S/C21H24ClN3O4/c1-15(29-19-5-3-2-4-18(19)22)21(27)24-17-8-6-16(7-9-17)23-20(26)14-25-10-12-28-13-11-25/h2-9,15H,10-14H2,1H3,(H,23,26)(H,24,27)/t15-/m0/s1. The minimum atomic E-state index is -0.720. The summed E-state index contributed by atoms with van der Waals surface area (Å²) < 4.78 is 10.9. The second-order valence-electron chi connectivity index (χ2n) is 6.69. The summed E-state index contributed by atoms with van der Waals surface area (Å²) in [4.78, 5) is 26.5. The molecule has 0 aliphatic carbocycles. The molecular weight excluding hydrogens is 394 g/mol. The molecule has 2 amide bonds. The van der Waals surface area contributed by atoms with Crippen LogP contribution in [-0.2, 0) is 14.3 Å². The van der Waals surface area contributed by atoms with Crippen molar-refractivity contribution in [2.24, 2.45) is 0 Å². The van der Waals surface area contributed by atoms with Crippen molar-refractivity contribution < 1.29 is 19.1 Å². The van der Waals surface area contributed by atoms with E-state index in [4.69, 9.17) is 21.1 Å². The van der Waals surface area contributed by atoms with Crippen molar-refractivity contribution in [2.75, 3.05) is 43.5 Å². The second kappa shape index (κ2) is 10.2. The van der Waals surface area contributed by atoms with Crippen molar-refractivity contribution in [3.8, 4) is 5.75 Å². The fourth-order valence-corrected chi connectivity index (χ4v) is 3.01. The highest BCUT2D eigenvalue weighted by Crippen LogP contribution is 2.24. The van der Waals surface area contributed by atoms with Gasteiger partial charge in [-0.15, -0.1) is 0 Å². The Morgan fingerprint density at radius 2 is 1.69 bits per heavy atom. The number of rotatable bonds is 7. The predicted octanol–water partition coefficient (Wildman–Crippen LogP) is 3.02. The summed E-state index contributed by atoms with van der Waals surface area (Å²) in [6, 6.07) is 13.9. The van der Waals surface area contributed by atoms with Crippen molar-refractivity contribution in [3.63, 3.8) is 0 Å². The lowest BCUT2D eigenvalue weighted by Gasteiger charge is -2.25. The van der Waals surface area contributed by atoms with Gasteiger partial charge in [0.2, 0.25) is 5.91 Å². The molecule has 0 unspecified atom stereocenters. The molecule has 1 aliphatic heterocycles. The van der Waals surface area contributed by atoms with Crippen molar-refractivity contribution >= 4 is 34.8 Å². The highest BCUT2D eigenvalue weighted by molar-refractivity contribution is 6.32. The summed E-state index contributed by atoms with van der Waals surface area (Å²) in [6.07, 6.45) is -0.720. The van der Waals surface area contributed by atoms with E-state index >= 15 is 0 Å². The molecule has 0 spiro atoms. The van der Waals surface area contributed by atoms with Crippen LogP contribution in [0.1, 0.15) is 6.92 Å². The molecule has 0 aromatic heterocycles. The molecule has 1 saturated heterocycles. The van der Waals surface area contributed by atoms with Crippen LogP contribution >= 0.6 is 11.6 Å². The Bertz CT molecular complexity index is 838. The number of nitrogens with one attached hydrogen (secondary N) is 2. The average molecular weight is 418 g/mol. The van der Waals surface area contributed by atoms with Crippen LogP contribution in [0.3, 0.4) is 0 Å². The minimum absolute atomic E-state index is 0.0783. The first-order chi connectivity index (χ1) is 14.0. The van der Waals surface area contributed by atoms with Gasteiger partial charge in [-0.1, -0.05) is 23.7 Å². The molecule has 0 saturated carbocycles. The van der Waals surface area contributed by atoms with Gasteiger partial charge in [-0.2, -0.15) is 0 Å². The van der Waals surface area contributed by atoms with Crippen molar-refractivity contribution in [3.05, 3.63) is 53.6 Å². The third-order valence-corrected chi connectivity index (χ3v) is 4.73. The molecule has 0 radical (unpaired) electrons. The van der Waals surface area contributed by atoms with E-state index in [1.165, 1.54) is 0 Å². The smallest absolute Gasteiger partial charge is 0.265 e. The monoisotopic (exact) mass is 417 g/mol. The number of ether oxygens (including phenoxy) is 2. The number of anilines is 2. The summed E-state index contributed by atoms with van der Waals surface area (Å²) in [5.41, 5.74) is 1.28. The Labute approximate surface area is 174 Å². The molecule has 154 valence electrons. The maximum Gasteiger partial charge on any atom is 0.265 e. The van der Waals surface area contributed by atoms with E-state index in [2.05, 4.69) is 10.6 Å². The van der Waals surface area contributed by atoms with E-state index in [9.17, 15) is 9.59 Å². The largest absolute Gasteiger partial charge is 0.479 e. The maximum atomic E-state index is 12.3. The summed E-state index contributed by atoms with van der Waals surface area (Å²) in [5, 5.41) is 6.09. The van der Waals surface area contributed by atoms with E-state index in [1.54, 1.807) is 55.5 Å². The number of halogens is 1. The van der Waals surface area contributed by atoms with Gasteiger partial charge in [0.05, 0.1) is 24.8 Å². The Hall–Kier alpha value is -2.61. The van der Waals surface area contributed by atoms with E-state index in [-0.39, 0.29) is 11.8 Å². The lowest BCUT2D eigenvalue weighted by Crippen LogP contribution is -2.41. The fraction of sp³-hybridized carbons (Fsp3) is 0.333. The van der Waals surface area contributed by atoms with Gasteiger partial charge >= 0.3 is 0 Å². The van der Waals surface area contributed by atoms with Crippen LogP contribution in [0.15, 0.2) is 48.5 Å². The number of benzene rings is 2. The zero-order chi connectivity index (χ0) is 20.6. The normalized spacial score (nSPS) is 15.4. The highest BCUT2D eigenvalue weighted by Gasteiger charge is 2.17. The first kappa shape index (κ1) is 21.1. The van der Waals surface area contributed by atoms with Crippen LogP contribution < -0.4 is 15.4 Å². The molecule has 2 aromatic rings. The van der Waals surface area contributed by atoms with Gasteiger partial charge < -0.3 is 20.1 Å². The zero-order valence-electron chi connectivity index (χ0n) is 16.2. The molecular formula is C21H24ClN3O4. The molecule has 8 heteroatoms. The SMILES string of the molecule is C[C@H](Oc1ccccc1Cl)C(=O)Nc1ccc(NC(=O)CN2CCOCC2)cc1. The second-order valence-corrected chi connectivity index (χ2v) is 7.10. The van der Waals surface area contributed by atoms with Crippen LogP contribution in [0.5, 0.6) is 5.75 Å². The van der Waals surface area contributed by atoms with E-state index < -0.39 is 6.10 Å². The quantitative estimate of drug-likeness (QED) is 0.723. The van der Waals surface area contributed by atoms with Crippen LogP contribution in [0.25, 0.3) is 0 Å². The lowest BCUT2D eigenvalue weighted by molar-refractivity contribution is -0.122. The van der Waals surface area contributed by atoms with Gasteiger partial charge in [0.1, 0.15) is 5.75 Å². The van der Waals surface area contributed by atoms with Gasteiger partial charge in [0.25, 0.3) is 5.91 Å². The van der Waals surface area contributed by atoms with Gasteiger partial charge in [0.15, 0.2) is 6.10 Å². The summed E-state index contributed by atoms with van der Waals surface area (Å²) in [6.45, 7) is 4.80. The summed E-state index contributed by atoms with van der Waals surface area (Å²) >= 11 is 6.05. The average Bonchev–Trinajstić information content (AvgIpc) is 2.72. The number of carbonyl (C=O) groups excluding carboxylic acids is 2. The molecule has 2 aromatic carbocycles. The predicted molar refractivity (Wildman–Crippen MR) is 113 cm³/mol. The topological polar surface area (TPSA) is 79.9 Å². The van der Waals surface area contributed by atoms with Gasteiger partial charge in [0, 0.05) is 24.5 Å². The molecule has 29 heavy (non-hydrogen) atoms. The lowest BCUT2D eigenvalue weighted by atomic mass is 10.2. The fourth-order valence-electron chi connectivity index (χ4n) is 2.83. The Balaban J connectivity index is 1.48. The number of hydrogen-bond acceptors (Lipinski definition) is 5. The van der Waals surface area contributed by atoms with Crippen molar-refractivity contribution in [2.45, 2.75) is 13.0 Å². The number of amides is 2. The third kappa shape index (κ3) is 6.45. The molecule has 3 rings (SSSR count). The minimum Gasteiger partial charge on any atom is -0.479 e. The van der Waals surface area contributed by atoms with Crippen LogP contribution in [0.2, 0.25) is 5.02 Å². The molecule has 2 N–H and O–H groups in total. The first-order valence-corrected chi connectivity index (χ1v) is 9.81. The molecule has 7 nitrogen and oxygen atoms in total. The first-order valence-electron chi connectivity index (χ1n) is 9.43. The Morgan fingerprint density at radius 3 is 2.34 bits per heavy atom. The summed E-state index contributed by atoms with van der Waals surface area (Å²) in [7, 11) is 0.